The van der Waals surface area contributed by atoms with Crippen molar-refractivity contribution in [1.82, 2.24) is 25.4 Å². The van der Waals surface area contributed by atoms with Crippen LogP contribution in [-0.4, -0.2) is 66.0 Å². The molecule has 2 unspecified atom stereocenters. The summed E-state index contributed by atoms with van der Waals surface area (Å²) in [5.74, 6) is 1.61. The number of aromatic nitrogens is 3. The van der Waals surface area contributed by atoms with Crippen molar-refractivity contribution >= 4 is 12.0 Å². The summed E-state index contributed by atoms with van der Waals surface area (Å²) in [5.41, 5.74) is 0. The van der Waals surface area contributed by atoms with E-state index in [1.165, 1.54) is 0 Å². The van der Waals surface area contributed by atoms with E-state index in [9.17, 15) is 4.79 Å². The highest BCUT2D eigenvalue weighted by atomic mass is 16.5. The molecule has 1 aliphatic rings. The number of hydrogen-bond acceptors (Lipinski definition) is 5. The summed E-state index contributed by atoms with van der Waals surface area (Å²) < 4.78 is 5.69. The first kappa shape index (κ1) is 16.5. The number of amides is 2. The van der Waals surface area contributed by atoms with Gasteiger partial charge in [0, 0.05) is 39.7 Å². The number of hydrogen-bond donors (Lipinski definition) is 2. The van der Waals surface area contributed by atoms with Crippen molar-refractivity contribution in [1.29, 1.82) is 0 Å². The van der Waals surface area contributed by atoms with Crippen LogP contribution in [-0.2, 0) is 11.3 Å². The molecule has 8 heteroatoms. The standard InChI is InChI=1S/C14H26N6O2/c1-5-22-11-6-7-20(9-10(11)2)14(21)15-8-12-16-13(18-17-12)19(3)4/h10-11H,5-9H2,1-4H3,(H,15,21)(H,16,17,18). The van der Waals surface area contributed by atoms with E-state index < -0.39 is 0 Å². The van der Waals surface area contributed by atoms with Crippen LogP contribution in [0.15, 0.2) is 0 Å². The zero-order valence-corrected chi connectivity index (χ0v) is 13.8. The molecule has 22 heavy (non-hydrogen) atoms. The van der Waals surface area contributed by atoms with Crippen molar-refractivity contribution in [2.75, 3.05) is 38.7 Å². The lowest BCUT2D eigenvalue weighted by Gasteiger charge is -2.36. The number of nitrogens with zero attached hydrogens (tertiary/aromatic N) is 4. The molecule has 1 aromatic heterocycles. The number of rotatable bonds is 5. The molecule has 2 atom stereocenters. The highest BCUT2D eigenvalue weighted by Crippen LogP contribution is 2.19. The second-order valence-corrected chi connectivity index (χ2v) is 5.84. The van der Waals surface area contributed by atoms with Crippen molar-refractivity contribution in [2.24, 2.45) is 5.92 Å². The number of urea groups is 1. The van der Waals surface area contributed by atoms with E-state index in [1.807, 2.05) is 30.8 Å². The van der Waals surface area contributed by atoms with Crippen LogP contribution < -0.4 is 10.2 Å². The summed E-state index contributed by atoms with van der Waals surface area (Å²) in [5, 5.41) is 9.76. The molecule has 0 spiro atoms. The van der Waals surface area contributed by atoms with E-state index in [0.29, 0.717) is 24.2 Å². The second-order valence-electron chi connectivity index (χ2n) is 5.84. The zero-order valence-electron chi connectivity index (χ0n) is 13.8. The molecule has 124 valence electrons. The van der Waals surface area contributed by atoms with E-state index in [4.69, 9.17) is 4.74 Å². The van der Waals surface area contributed by atoms with Crippen LogP contribution in [0.25, 0.3) is 0 Å². The number of aromatic amines is 1. The van der Waals surface area contributed by atoms with Crippen LogP contribution in [0.4, 0.5) is 10.7 Å². The SMILES string of the molecule is CCOC1CCN(C(=O)NCc2nc(N(C)C)n[nH]2)CC1C. The van der Waals surface area contributed by atoms with Crippen molar-refractivity contribution in [3.05, 3.63) is 5.82 Å². The van der Waals surface area contributed by atoms with Crippen LogP contribution in [0.3, 0.4) is 0 Å². The first-order valence-electron chi connectivity index (χ1n) is 7.74. The molecule has 1 aromatic rings. The van der Waals surface area contributed by atoms with Gasteiger partial charge in [0.25, 0.3) is 0 Å². The van der Waals surface area contributed by atoms with Gasteiger partial charge in [0.2, 0.25) is 5.95 Å². The fourth-order valence-corrected chi connectivity index (χ4v) is 2.61. The van der Waals surface area contributed by atoms with Gasteiger partial charge in [-0.3, -0.25) is 5.10 Å². The Hall–Kier alpha value is -1.83. The maximum absolute atomic E-state index is 12.2. The van der Waals surface area contributed by atoms with Crippen molar-refractivity contribution in [2.45, 2.75) is 32.9 Å². The van der Waals surface area contributed by atoms with Gasteiger partial charge in [-0.1, -0.05) is 6.92 Å². The summed E-state index contributed by atoms with van der Waals surface area (Å²) in [4.78, 5) is 20.2. The van der Waals surface area contributed by atoms with Crippen LogP contribution in [0.2, 0.25) is 0 Å². The Morgan fingerprint density at radius 1 is 1.55 bits per heavy atom. The van der Waals surface area contributed by atoms with Gasteiger partial charge in [0.1, 0.15) is 5.82 Å². The number of ether oxygens (including phenoxy) is 1. The van der Waals surface area contributed by atoms with Gasteiger partial charge in [0.05, 0.1) is 12.6 Å². The summed E-state index contributed by atoms with van der Waals surface area (Å²) in [7, 11) is 3.74. The Morgan fingerprint density at radius 2 is 2.32 bits per heavy atom. The highest BCUT2D eigenvalue weighted by molar-refractivity contribution is 5.74. The lowest BCUT2D eigenvalue weighted by molar-refractivity contribution is -0.0134. The molecule has 2 rings (SSSR count). The topological polar surface area (TPSA) is 86.4 Å². The molecule has 1 fully saturated rings. The Kier molecular flexibility index (Phi) is 5.59. The van der Waals surface area contributed by atoms with E-state index >= 15 is 0 Å². The average Bonchev–Trinajstić information content (AvgIpc) is 2.96. The van der Waals surface area contributed by atoms with E-state index in [1.54, 1.807) is 0 Å². The third-order valence-electron chi connectivity index (χ3n) is 3.82. The van der Waals surface area contributed by atoms with Crippen LogP contribution in [0.1, 0.15) is 26.1 Å². The molecule has 0 aliphatic carbocycles. The third-order valence-corrected chi connectivity index (χ3v) is 3.82. The third kappa shape index (κ3) is 4.09. The molecule has 2 N–H and O–H groups in total. The minimum atomic E-state index is -0.0652. The Morgan fingerprint density at radius 3 is 2.91 bits per heavy atom. The lowest BCUT2D eigenvalue weighted by Crippen LogP contribution is -2.49. The zero-order chi connectivity index (χ0) is 16.1. The number of carbonyl (C=O) groups is 1. The van der Waals surface area contributed by atoms with Crippen molar-refractivity contribution in [3.8, 4) is 0 Å². The minimum absolute atomic E-state index is 0.0652. The molecule has 2 heterocycles. The van der Waals surface area contributed by atoms with Gasteiger partial charge in [-0.2, -0.15) is 4.98 Å². The molecular weight excluding hydrogens is 284 g/mol. The highest BCUT2D eigenvalue weighted by Gasteiger charge is 2.28. The van der Waals surface area contributed by atoms with Gasteiger partial charge in [-0.25, -0.2) is 4.79 Å². The Bertz CT molecular complexity index is 489. The fourth-order valence-electron chi connectivity index (χ4n) is 2.61. The average molecular weight is 310 g/mol. The number of anilines is 1. The lowest BCUT2D eigenvalue weighted by atomic mass is 9.97. The van der Waals surface area contributed by atoms with Crippen molar-refractivity contribution in [3.63, 3.8) is 0 Å². The predicted octanol–water partition coefficient (Wildman–Crippen LogP) is 0.827. The monoisotopic (exact) mass is 310 g/mol. The van der Waals surface area contributed by atoms with Gasteiger partial charge in [0.15, 0.2) is 0 Å². The quantitative estimate of drug-likeness (QED) is 0.841. The molecule has 0 aromatic carbocycles. The minimum Gasteiger partial charge on any atom is -0.378 e. The van der Waals surface area contributed by atoms with Crippen LogP contribution >= 0.6 is 0 Å². The molecule has 8 nitrogen and oxygen atoms in total. The number of H-pyrrole nitrogens is 1. The van der Waals surface area contributed by atoms with Gasteiger partial charge in [-0.15, -0.1) is 5.10 Å². The summed E-state index contributed by atoms with van der Waals surface area (Å²) in [6.45, 7) is 6.64. The largest absolute Gasteiger partial charge is 0.378 e. The van der Waals surface area contributed by atoms with E-state index in [-0.39, 0.29) is 12.1 Å². The number of nitrogens with one attached hydrogen (secondary N) is 2. The van der Waals surface area contributed by atoms with Gasteiger partial charge < -0.3 is 19.9 Å². The van der Waals surface area contributed by atoms with Crippen LogP contribution in [0, 0.1) is 5.92 Å². The number of piperidine rings is 1. The molecule has 1 saturated heterocycles. The second kappa shape index (κ2) is 7.44. The molecular formula is C14H26N6O2. The van der Waals surface area contributed by atoms with E-state index in [0.717, 1.165) is 26.1 Å². The first-order chi connectivity index (χ1) is 10.5. The maximum Gasteiger partial charge on any atom is 0.317 e. The van der Waals surface area contributed by atoms with E-state index in [2.05, 4.69) is 27.4 Å². The number of carbonyl (C=O) groups excluding carboxylic acids is 1. The summed E-state index contributed by atoms with van der Waals surface area (Å²) in [6, 6.07) is -0.0652. The first-order valence-corrected chi connectivity index (χ1v) is 7.74. The molecule has 0 saturated carbocycles. The van der Waals surface area contributed by atoms with Crippen LogP contribution in [0.5, 0.6) is 0 Å². The normalized spacial score (nSPS) is 21.7. The van der Waals surface area contributed by atoms with Crippen molar-refractivity contribution < 1.29 is 9.53 Å². The fraction of sp³-hybridized carbons (Fsp3) is 0.786. The Balaban J connectivity index is 1.80. The molecule has 1 aliphatic heterocycles. The maximum atomic E-state index is 12.2. The summed E-state index contributed by atoms with van der Waals surface area (Å²) >= 11 is 0. The Labute approximate surface area is 131 Å². The van der Waals surface area contributed by atoms with Gasteiger partial charge in [-0.05, 0) is 13.3 Å². The summed E-state index contributed by atoms with van der Waals surface area (Å²) in [6.07, 6.45) is 1.14. The molecule has 0 bridgehead atoms. The smallest absolute Gasteiger partial charge is 0.317 e. The number of likely N-dealkylation sites (tertiary alicyclic amines) is 1. The predicted molar refractivity (Wildman–Crippen MR) is 83.7 cm³/mol. The van der Waals surface area contributed by atoms with Gasteiger partial charge >= 0.3 is 6.03 Å². The molecule has 2 amide bonds. The molecule has 0 radical (unpaired) electrons.